The Kier molecular flexibility index (Phi) is 10.3. The number of nitrogens with zero attached hydrogens (tertiary/aromatic N) is 4. The first-order chi connectivity index (χ1) is 21.1. The molecule has 4 aromatic rings. The van der Waals surface area contributed by atoms with Crippen molar-refractivity contribution in [1.29, 1.82) is 0 Å². The van der Waals surface area contributed by atoms with Gasteiger partial charge in [0.15, 0.2) is 5.13 Å². The second-order valence-corrected chi connectivity index (χ2v) is 12.5. The number of anilines is 1. The zero-order valence-corrected chi connectivity index (χ0v) is 25.2. The fourth-order valence-corrected chi connectivity index (χ4v) is 6.85. The van der Waals surface area contributed by atoms with Crippen LogP contribution in [0.5, 0.6) is 5.75 Å². The van der Waals surface area contributed by atoms with Gasteiger partial charge in [-0.1, -0.05) is 48.1 Å². The Morgan fingerprint density at radius 2 is 1.73 bits per heavy atom. The normalized spacial score (nSPS) is 16.2. The summed E-state index contributed by atoms with van der Waals surface area (Å²) in [6.07, 6.45) is -3.49. The fourth-order valence-electron chi connectivity index (χ4n) is 4.34. The fraction of sp³-hybridized carbons (Fsp3) is 0.321. The second-order valence-electron chi connectivity index (χ2n) is 9.69. The minimum Gasteiger partial charge on any atom is -0.674 e. The lowest BCUT2D eigenvalue weighted by Crippen LogP contribution is -2.58. The number of halogens is 5. The summed E-state index contributed by atoms with van der Waals surface area (Å²) < 4.78 is 93.8. The maximum atomic E-state index is 13.1. The Morgan fingerprint density at radius 3 is 2.29 bits per heavy atom. The molecule has 5 rings (SSSR count). The lowest BCUT2D eigenvalue weighted by molar-refractivity contribution is -0.274. The number of sulfonamides is 1. The Morgan fingerprint density at radius 1 is 1.07 bits per heavy atom. The van der Waals surface area contributed by atoms with Gasteiger partial charge in [-0.3, -0.25) is 4.79 Å². The molecular formula is C28H27F5N5O5S2-. The molecule has 10 nitrogen and oxygen atoms in total. The van der Waals surface area contributed by atoms with Gasteiger partial charge in [0, 0.05) is 37.8 Å². The van der Waals surface area contributed by atoms with E-state index in [0.717, 1.165) is 34.1 Å². The quantitative estimate of drug-likeness (QED) is 0.216. The second kappa shape index (κ2) is 13.6. The first-order valence-electron chi connectivity index (χ1n) is 13.3. The van der Waals surface area contributed by atoms with Gasteiger partial charge in [0.2, 0.25) is 10.0 Å². The van der Waals surface area contributed by atoms with E-state index in [1.807, 2.05) is 0 Å². The summed E-state index contributed by atoms with van der Waals surface area (Å²) in [4.78, 5) is 22.5. The number of nitrogens with one attached hydrogen (secondary N) is 1. The van der Waals surface area contributed by atoms with Crippen molar-refractivity contribution in [2.75, 3.05) is 24.5 Å². The van der Waals surface area contributed by atoms with E-state index in [-0.39, 0.29) is 43.1 Å². The minimum absolute atomic E-state index is 0.0344. The van der Waals surface area contributed by atoms with Crippen molar-refractivity contribution in [3.05, 3.63) is 83.7 Å². The van der Waals surface area contributed by atoms with Crippen LogP contribution in [0.25, 0.3) is 16.1 Å². The highest BCUT2D eigenvalue weighted by atomic mass is 32.2. The molecule has 3 heterocycles. The van der Waals surface area contributed by atoms with Crippen molar-refractivity contribution in [2.45, 2.75) is 43.1 Å². The molecule has 0 saturated carbocycles. The molecule has 1 atom stereocenters. The first kappa shape index (κ1) is 34.0. The Bertz CT molecular complexity index is 1690. The summed E-state index contributed by atoms with van der Waals surface area (Å²) in [7, 11) is -4.29. The van der Waals surface area contributed by atoms with Crippen molar-refractivity contribution in [1.82, 2.24) is 14.3 Å². The summed E-state index contributed by atoms with van der Waals surface area (Å²) in [5.41, 5.74) is 8.47. The molecule has 2 N–H and O–H groups in total. The Labute approximate surface area is 258 Å². The smallest absolute Gasteiger partial charge is 0.573 e. The number of hydrogen-bond acceptors (Lipinski definition) is 8. The molecule has 1 aliphatic heterocycles. The van der Waals surface area contributed by atoms with E-state index in [4.69, 9.17) is 5.73 Å². The number of alkyl halides is 5. The van der Waals surface area contributed by atoms with Crippen LogP contribution >= 0.6 is 11.3 Å². The van der Waals surface area contributed by atoms with Crippen molar-refractivity contribution < 1.29 is 45.0 Å². The summed E-state index contributed by atoms with van der Waals surface area (Å²) in [6.45, 7) is 1.47. The van der Waals surface area contributed by atoms with Gasteiger partial charge in [-0.15, -0.1) is 19.7 Å². The zero-order valence-electron chi connectivity index (χ0n) is 23.5. The molecule has 0 radical (unpaired) electrons. The topological polar surface area (TPSA) is 137 Å². The summed E-state index contributed by atoms with van der Waals surface area (Å²) >= 11 is 1.27. The number of aliphatic carboxylic acids is 1. The molecule has 2 aromatic heterocycles. The number of ether oxygens (including phenoxy) is 1. The molecule has 2 aromatic carbocycles. The van der Waals surface area contributed by atoms with E-state index in [1.165, 1.54) is 30.4 Å². The van der Waals surface area contributed by atoms with E-state index in [0.29, 0.717) is 15.5 Å². The number of benzene rings is 2. The van der Waals surface area contributed by atoms with Crippen LogP contribution in [-0.2, 0) is 27.3 Å². The van der Waals surface area contributed by atoms with Crippen LogP contribution in [0, 0.1) is 0 Å². The molecule has 0 unspecified atom stereocenters. The highest BCUT2D eigenvalue weighted by Crippen LogP contribution is 2.32. The molecule has 0 amide bonds. The average molecular weight is 673 g/mol. The maximum Gasteiger partial charge on any atom is 0.573 e. The Balaban J connectivity index is 0.000000297. The first-order valence-corrected chi connectivity index (χ1v) is 15.6. The zero-order chi connectivity index (χ0) is 33.0. The average Bonchev–Trinajstić information content (AvgIpc) is 3.45. The number of piperazine rings is 1. The molecular weight excluding hydrogens is 645 g/mol. The monoisotopic (exact) mass is 672 g/mol. The van der Waals surface area contributed by atoms with Gasteiger partial charge in [0.1, 0.15) is 22.1 Å². The predicted molar refractivity (Wildman–Crippen MR) is 157 cm³/mol. The van der Waals surface area contributed by atoms with Gasteiger partial charge < -0.3 is 20.5 Å². The van der Waals surface area contributed by atoms with Gasteiger partial charge >= 0.3 is 12.3 Å². The number of pyridine rings is 1. The Hall–Kier alpha value is -3.93. The number of rotatable bonds is 8. The van der Waals surface area contributed by atoms with Crippen molar-refractivity contribution in [3.63, 3.8) is 0 Å². The van der Waals surface area contributed by atoms with Crippen LogP contribution in [0.2, 0.25) is 0 Å². The minimum atomic E-state index is -4.92. The van der Waals surface area contributed by atoms with E-state index < -0.39 is 40.1 Å². The lowest BCUT2D eigenvalue weighted by Gasteiger charge is -2.38. The number of carboxylic acid groups (broad SMARTS) is 1. The SMILES string of the molecule is CCC(F)(F)c1ccc(C[NH-])cc1.O=C(O)[C@H]1CN(c2nc3cccnc3s2)CCN1S(=O)(=O)c1ccc(OC(F)(F)F)cc1. The summed E-state index contributed by atoms with van der Waals surface area (Å²) in [5.74, 6) is -4.67. The summed E-state index contributed by atoms with van der Waals surface area (Å²) in [5, 5.41) is 10.2. The van der Waals surface area contributed by atoms with Crippen molar-refractivity contribution in [2.24, 2.45) is 0 Å². The molecule has 1 saturated heterocycles. The van der Waals surface area contributed by atoms with E-state index in [1.54, 1.807) is 35.4 Å². The van der Waals surface area contributed by atoms with Crippen LogP contribution in [0.3, 0.4) is 0 Å². The molecule has 17 heteroatoms. The van der Waals surface area contributed by atoms with E-state index >= 15 is 0 Å². The molecule has 45 heavy (non-hydrogen) atoms. The number of hydrogen-bond donors (Lipinski definition) is 1. The lowest BCUT2D eigenvalue weighted by atomic mass is 10.0. The van der Waals surface area contributed by atoms with Gasteiger partial charge in [-0.25, -0.2) is 27.2 Å². The van der Waals surface area contributed by atoms with Crippen LogP contribution < -0.4 is 9.64 Å². The van der Waals surface area contributed by atoms with Crippen LogP contribution in [0.1, 0.15) is 24.5 Å². The molecule has 1 aliphatic rings. The van der Waals surface area contributed by atoms with Gasteiger partial charge in [0.05, 0.1) is 4.90 Å². The van der Waals surface area contributed by atoms with Gasteiger partial charge in [-0.05, 0) is 36.4 Å². The number of aromatic nitrogens is 2. The molecule has 0 bridgehead atoms. The molecule has 0 spiro atoms. The maximum absolute atomic E-state index is 13.1. The van der Waals surface area contributed by atoms with E-state index in [9.17, 15) is 40.3 Å². The number of fused-ring (bicyclic) bond motifs is 1. The highest BCUT2D eigenvalue weighted by molar-refractivity contribution is 7.89. The molecule has 1 fully saturated rings. The van der Waals surface area contributed by atoms with Gasteiger partial charge in [-0.2, -0.15) is 4.31 Å². The van der Waals surface area contributed by atoms with Crippen LogP contribution in [0.4, 0.5) is 27.1 Å². The standard InChI is InChI=1S/C18H15F3N4O5S2.C10H12F2N/c19-18(20,21)30-11-3-5-12(6-4-11)32(28,29)25-9-8-24(10-14(25)16(26)27)17-23-13-2-1-7-22-15(13)31-17;1-2-10(11,12)9-5-3-8(7-13)4-6-9/h1-7,14H,8-10H2,(H,26,27);3-6,13H,2,7H2,1H3/q;-1/t14-;/m1./s1. The van der Waals surface area contributed by atoms with E-state index in [2.05, 4.69) is 14.7 Å². The molecule has 242 valence electrons. The number of thiazole rings is 1. The third-order valence-electron chi connectivity index (χ3n) is 6.73. The van der Waals surface area contributed by atoms with Crippen LogP contribution in [-0.4, -0.2) is 65.8 Å². The van der Waals surface area contributed by atoms with Crippen LogP contribution in [0.15, 0.2) is 71.8 Å². The third kappa shape index (κ3) is 8.22. The number of carboxylic acids is 1. The largest absolute Gasteiger partial charge is 0.674 e. The highest BCUT2D eigenvalue weighted by Gasteiger charge is 2.41. The predicted octanol–water partition coefficient (Wildman–Crippen LogP) is 6.29. The van der Waals surface area contributed by atoms with Gasteiger partial charge in [0.25, 0.3) is 5.92 Å². The third-order valence-corrected chi connectivity index (χ3v) is 9.69. The molecule has 0 aliphatic carbocycles. The van der Waals surface area contributed by atoms with Crippen molar-refractivity contribution >= 4 is 42.8 Å². The summed E-state index contributed by atoms with van der Waals surface area (Å²) in [6, 6.07) is 11.6. The van der Waals surface area contributed by atoms with Crippen molar-refractivity contribution in [3.8, 4) is 5.75 Å². The number of carbonyl (C=O) groups is 1.